The highest BCUT2D eigenvalue weighted by Crippen LogP contribution is 2.61. The zero-order chi connectivity index (χ0) is 32.3. The second kappa shape index (κ2) is 11.8. The van der Waals surface area contributed by atoms with Crippen molar-refractivity contribution in [2.75, 3.05) is 24.7 Å². The number of hydrogen-bond donors (Lipinski definition) is 8. The first-order chi connectivity index (χ1) is 21.3. The number of imidazole rings is 2. The van der Waals surface area contributed by atoms with Crippen LogP contribution in [0.3, 0.4) is 0 Å². The Balaban J connectivity index is 1.14. The van der Waals surface area contributed by atoms with E-state index < -0.39 is 77.9 Å². The zero-order valence-electron chi connectivity index (χ0n) is 22.5. The van der Waals surface area contributed by atoms with Crippen molar-refractivity contribution in [3.63, 3.8) is 0 Å². The molecule has 0 spiro atoms. The summed E-state index contributed by atoms with van der Waals surface area (Å²) in [6, 6.07) is 0. The molecule has 244 valence electrons. The van der Waals surface area contributed by atoms with E-state index in [0.29, 0.717) is 0 Å². The van der Waals surface area contributed by atoms with Crippen LogP contribution in [0, 0.1) is 0 Å². The third kappa shape index (κ3) is 6.02. The lowest BCUT2D eigenvalue weighted by Gasteiger charge is -2.23. The van der Waals surface area contributed by atoms with Gasteiger partial charge in [0, 0.05) is 0 Å². The molecule has 0 radical (unpaired) electrons. The van der Waals surface area contributed by atoms with Gasteiger partial charge in [-0.25, -0.2) is 39.0 Å². The van der Waals surface area contributed by atoms with Gasteiger partial charge in [0.1, 0.15) is 60.3 Å². The van der Waals surface area contributed by atoms with Gasteiger partial charge in [-0.15, -0.1) is 0 Å². The first-order valence-electron chi connectivity index (χ1n) is 12.8. The lowest BCUT2D eigenvalue weighted by Crippen LogP contribution is -2.34. The maximum absolute atomic E-state index is 13.3. The van der Waals surface area contributed by atoms with Gasteiger partial charge in [-0.05, 0) is 0 Å². The molecule has 4 aromatic rings. The van der Waals surface area contributed by atoms with Gasteiger partial charge in [-0.1, -0.05) is 0 Å². The number of fused-ring (bicyclic) bond motifs is 2. The average molecular weight is 676 g/mol. The molecule has 0 saturated carbocycles. The molecule has 6 rings (SSSR count). The molecule has 2 fully saturated rings. The van der Waals surface area contributed by atoms with E-state index in [2.05, 4.69) is 34.2 Å². The Morgan fingerprint density at radius 3 is 1.53 bits per heavy atom. The van der Waals surface area contributed by atoms with Gasteiger partial charge < -0.3 is 51.2 Å². The minimum atomic E-state index is -5.53. The van der Waals surface area contributed by atoms with E-state index in [0.717, 1.165) is 12.7 Å². The maximum atomic E-state index is 13.3. The highest BCUT2D eigenvalue weighted by molar-refractivity contribution is 7.61. The molecule has 0 aliphatic carbocycles. The van der Waals surface area contributed by atoms with Gasteiger partial charge in [0.25, 0.3) is 0 Å². The summed E-state index contributed by atoms with van der Waals surface area (Å²) in [6.45, 7) is -1.76. The number of phosphoric acid groups is 2. The monoisotopic (exact) mass is 676 g/mol. The highest BCUT2D eigenvalue weighted by Gasteiger charge is 2.49. The van der Waals surface area contributed by atoms with Gasteiger partial charge in [0.15, 0.2) is 35.4 Å². The summed E-state index contributed by atoms with van der Waals surface area (Å²) in [5, 5.41) is 42.4. The number of anilines is 2. The van der Waals surface area contributed by atoms with Crippen LogP contribution in [0.5, 0.6) is 0 Å². The van der Waals surface area contributed by atoms with Gasteiger partial charge in [-0.3, -0.25) is 18.2 Å². The SMILES string of the molecule is Nc1ncnc2c1ncn2[C@@H]1O[C@H](COP(=O)(OC[C@H]2O[C@@H](n3cnc4c(N)ncnc43)[C@H](O)[C@@H]2O)OP(=O)(O)O)[C@@H](O)[C@H]1O. The van der Waals surface area contributed by atoms with Crippen LogP contribution in [0.25, 0.3) is 22.3 Å². The van der Waals surface area contributed by atoms with Crippen LogP contribution in [-0.4, -0.2) is 119 Å². The molecule has 0 bridgehead atoms. The summed E-state index contributed by atoms with van der Waals surface area (Å²) in [4.78, 5) is 42.5. The van der Waals surface area contributed by atoms with Crippen LogP contribution >= 0.6 is 15.6 Å². The Morgan fingerprint density at radius 2 is 1.13 bits per heavy atom. The highest BCUT2D eigenvalue weighted by atomic mass is 31.3. The minimum Gasteiger partial charge on any atom is -0.387 e. The molecule has 2 saturated heterocycles. The lowest BCUT2D eigenvalue weighted by atomic mass is 10.1. The van der Waals surface area contributed by atoms with Crippen molar-refractivity contribution in [1.29, 1.82) is 0 Å². The third-order valence-electron chi connectivity index (χ3n) is 7.00. The number of hydrogen-bond acceptors (Lipinski definition) is 19. The summed E-state index contributed by atoms with van der Waals surface area (Å²) in [7, 11) is -10.7. The van der Waals surface area contributed by atoms with Crippen molar-refractivity contribution in [3.8, 4) is 0 Å². The molecule has 8 atom stereocenters. The Kier molecular flexibility index (Phi) is 8.33. The van der Waals surface area contributed by atoms with Crippen LogP contribution in [0.2, 0.25) is 0 Å². The normalized spacial score (nSPS) is 30.4. The van der Waals surface area contributed by atoms with Crippen molar-refractivity contribution in [3.05, 3.63) is 25.3 Å². The molecule has 0 unspecified atom stereocenters. The number of phosphoric ester groups is 1. The molecule has 45 heavy (non-hydrogen) atoms. The van der Waals surface area contributed by atoms with Gasteiger partial charge >= 0.3 is 15.6 Å². The zero-order valence-corrected chi connectivity index (χ0v) is 24.3. The lowest BCUT2D eigenvalue weighted by molar-refractivity contribution is -0.0607. The number of rotatable bonds is 10. The van der Waals surface area contributed by atoms with Gasteiger partial charge in [0.2, 0.25) is 0 Å². The smallest absolute Gasteiger partial charge is 0.387 e. The number of nitrogens with zero attached hydrogens (tertiary/aromatic N) is 8. The second-order valence-corrected chi connectivity index (χ2v) is 12.9. The Labute approximate surface area is 250 Å². The fourth-order valence-corrected chi connectivity index (χ4v) is 7.00. The number of nitrogens with two attached hydrogens (primary N) is 2. The molecular weight excluding hydrogens is 650 g/mol. The largest absolute Gasteiger partial charge is 0.483 e. The number of aliphatic hydroxyl groups excluding tert-OH is 4. The number of ether oxygens (including phenoxy) is 2. The number of nitrogen functional groups attached to an aromatic ring is 2. The van der Waals surface area contributed by atoms with Gasteiger partial charge in [-0.2, -0.15) is 4.31 Å². The topological polar surface area (TPSA) is 341 Å². The minimum absolute atomic E-state index is 0.0478. The summed E-state index contributed by atoms with van der Waals surface area (Å²) in [6.07, 6.45) is -7.27. The Hall–Kier alpha value is -3.28. The Morgan fingerprint density at radius 1 is 0.711 bits per heavy atom. The van der Waals surface area contributed by atoms with Crippen molar-refractivity contribution in [2.45, 2.75) is 49.1 Å². The maximum Gasteiger partial charge on any atom is 0.483 e. The molecule has 2 aliphatic rings. The fourth-order valence-electron chi connectivity index (χ4n) is 4.85. The quantitative estimate of drug-likeness (QED) is 0.0793. The van der Waals surface area contributed by atoms with E-state index in [1.165, 1.54) is 21.8 Å². The summed E-state index contributed by atoms with van der Waals surface area (Å²) >= 11 is 0. The first kappa shape index (κ1) is 31.7. The van der Waals surface area contributed by atoms with E-state index in [1.807, 2.05) is 0 Å². The molecule has 25 heteroatoms. The molecular formula is C20H26N10O13P2. The molecule has 10 N–H and O–H groups in total. The number of aromatic nitrogens is 8. The standard InChI is InChI=1S/C20H26N10O13P2/c21-15-9-17(25-3-23-15)29(5-27-9)19-13(33)11(31)7(41-19)1-39-45(38,43-44(35,36)37)40-2-8-12(32)14(34)20(42-8)30-6-28-10-16(22)24-4-26-18(10)30/h3-8,11-14,19-20,31-34H,1-2H2,(H2,21,23,25)(H2,22,24,26)(H2,35,36,37)/t7-,8-,11-,12-,13-,14-,19-,20-/m1/s1. The van der Waals surface area contributed by atoms with E-state index >= 15 is 0 Å². The summed E-state index contributed by atoms with van der Waals surface area (Å²) in [5.74, 6) is 0.0955. The van der Waals surface area contributed by atoms with Gasteiger partial charge in [0.05, 0.1) is 25.9 Å². The van der Waals surface area contributed by atoms with Crippen LogP contribution in [-0.2, 0) is 32.0 Å². The second-order valence-electron chi connectivity index (χ2n) is 9.87. The summed E-state index contributed by atoms with van der Waals surface area (Å²) < 4.78 is 53.2. The molecule has 2 aliphatic heterocycles. The predicted octanol–water partition coefficient (Wildman–Crippen LogP) is -2.68. The molecule has 0 aromatic carbocycles. The summed E-state index contributed by atoms with van der Waals surface area (Å²) in [5.41, 5.74) is 12.3. The number of aliphatic hydroxyl groups is 4. The predicted molar refractivity (Wildman–Crippen MR) is 144 cm³/mol. The van der Waals surface area contributed by atoms with E-state index in [9.17, 15) is 39.3 Å². The van der Waals surface area contributed by atoms with E-state index in [-0.39, 0.29) is 34.0 Å². The first-order valence-corrected chi connectivity index (χ1v) is 15.8. The van der Waals surface area contributed by atoms with Crippen molar-refractivity contribution in [2.24, 2.45) is 0 Å². The molecule has 0 amide bonds. The third-order valence-corrected chi connectivity index (χ3v) is 9.58. The van der Waals surface area contributed by atoms with Crippen LogP contribution in [0.15, 0.2) is 25.3 Å². The van der Waals surface area contributed by atoms with Crippen LogP contribution in [0.4, 0.5) is 11.6 Å². The molecule has 4 aromatic heterocycles. The molecule has 23 nitrogen and oxygen atoms in total. The van der Waals surface area contributed by atoms with Crippen molar-refractivity contribution >= 4 is 49.6 Å². The Bertz CT molecular complexity index is 1690. The fraction of sp³-hybridized carbons (Fsp3) is 0.500. The van der Waals surface area contributed by atoms with E-state index in [4.69, 9.17) is 30.0 Å². The molecule has 6 heterocycles. The van der Waals surface area contributed by atoms with Crippen molar-refractivity contribution < 1.29 is 62.2 Å². The van der Waals surface area contributed by atoms with Crippen molar-refractivity contribution in [1.82, 2.24) is 39.0 Å². The van der Waals surface area contributed by atoms with E-state index in [1.54, 1.807) is 0 Å². The van der Waals surface area contributed by atoms with Crippen LogP contribution in [0.1, 0.15) is 12.5 Å². The van der Waals surface area contributed by atoms with Crippen LogP contribution < -0.4 is 11.5 Å². The average Bonchev–Trinajstić information content (AvgIpc) is 3.73.